The molecule has 0 N–H and O–H groups in total. The maximum atomic E-state index is 6.10. The third-order valence-electron chi connectivity index (χ3n) is 4.73. The van der Waals surface area contributed by atoms with Crippen LogP contribution < -0.4 is 4.74 Å². The van der Waals surface area contributed by atoms with E-state index in [2.05, 4.69) is 22.5 Å². The van der Waals surface area contributed by atoms with E-state index in [1.807, 2.05) is 12.1 Å². The first-order valence-electron chi connectivity index (χ1n) is 7.80. The Morgan fingerprint density at radius 1 is 1.29 bits per heavy atom. The number of benzene rings is 1. The van der Waals surface area contributed by atoms with Crippen molar-refractivity contribution in [3.05, 3.63) is 24.0 Å². The molecule has 0 radical (unpaired) electrons. The average Bonchev–Trinajstić information content (AvgIpc) is 2.86. The maximum absolute atomic E-state index is 6.10. The molecule has 0 atom stereocenters. The lowest BCUT2D eigenvalue weighted by Crippen LogP contribution is -2.18. The van der Waals surface area contributed by atoms with Gasteiger partial charge in [0.25, 0.3) is 0 Å². The van der Waals surface area contributed by atoms with Crippen molar-refractivity contribution >= 4 is 22.6 Å². The summed E-state index contributed by atoms with van der Waals surface area (Å²) in [5.74, 6) is 3.93. The summed E-state index contributed by atoms with van der Waals surface area (Å²) in [6.45, 7) is 3.39. The summed E-state index contributed by atoms with van der Waals surface area (Å²) in [6.07, 6.45) is 5.31. The van der Waals surface area contributed by atoms with Crippen LogP contribution in [-0.4, -0.2) is 16.7 Å². The fourth-order valence-corrected chi connectivity index (χ4v) is 3.56. The number of ether oxygens (including phenoxy) is 1. The molecule has 2 aromatic rings. The van der Waals surface area contributed by atoms with Crippen LogP contribution in [0.15, 0.2) is 18.2 Å². The van der Waals surface area contributed by atoms with E-state index in [0.717, 1.165) is 41.0 Å². The van der Waals surface area contributed by atoms with Gasteiger partial charge in [-0.15, -0.1) is 11.6 Å². The van der Waals surface area contributed by atoms with Crippen molar-refractivity contribution in [1.82, 2.24) is 9.55 Å². The third kappa shape index (κ3) is 3.03. The highest BCUT2D eigenvalue weighted by atomic mass is 35.5. The van der Waals surface area contributed by atoms with Gasteiger partial charge in [-0.05, 0) is 36.8 Å². The van der Waals surface area contributed by atoms with Crippen LogP contribution in [0.1, 0.15) is 38.4 Å². The third-order valence-corrected chi connectivity index (χ3v) is 4.97. The van der Waals surface area contributed by atoms with E-state index >= 15 is 0 Å². The van der Waals surface area contributed by atoms with Crippen molar-refractivity contribution in [3.8, 4) is 5.75 Å². The number of rotatable bonds is 4. The predicted octanol–water partition coefficient (Wildman–Crippen LogP) is 4.61. The summed E-state index contributed by atoms with van der Waals surface area (Å²) in [7, 11) is 1.70. The van der Waals surface area contributed by atoms with Crippen molar-refractivity contribution < 1.29 is 4.74 Å². The standard InChI is InChI=1S/C17H23ClN2O/c1-12-3-5-13(6-4-12)11-20-16-9-14(21-2)7-8-15(16)19-17(20)10-18/h7-9,12-13H,3-6,10-11H2,1-2H3. The highest BCUT2D eigenvalue weighted by Gasteiger charge is 2.21. The molecule has 0 spiro atoms. The first-order valence-corrected chi connectivity index (χ1v) is 8.33. The number of hydrogen-bond donors (Lipinski definition) is 0. The number of nitrogens with zero attached hydrogens (tertiary/aromatic N) is 2. The highest BCUT2D eigenvalue weighted by molar-refractivity contribution is 6.16. The number of methoxy groups -OCH3 is 1. The average molecular weight is 307 g/mol. The van der Waals surface area contributed by atoms with Crippen molar-refractivity contribution in [2.75, 3.05) is 7.11 Å². The molecule has 4 heteroatoms. The molecule has 0 aliphatic heterocycles. The first kappa shape index (κ1) is 14.7. The van der Waals surface area contributed by atoms with E-state index in [1.165, 1.54) is 25.7 Å². The molecule has 3 nitrogen and oxygen atoms in total. The van der Waals surface area contributed by atoms with Gasteiger partial charge in [-0.1, -0.05) is 19.8 Å². The summed E-state index contributed by atoms with van der Waals surface area (Å²) in [5, 5.41) is 0. The second kappa shape index (κ2) is 6.27. The molecule has 0 bridgehead atoms. The zero-order valence-corrected chi connectivity index (χ0v) is 13.6. The largest absolute Gasteiger partial charge is 0.497 e. The zero-order chi connectivity index (χ0) is 14.8. The molecule has 1 fully saturated rings. The number of fused-ring (bicyclic) bond motifs is 1. The van der Waals surface area contributed by atoms with E-state index in [0.29, 0.717) is 5.88 Å². The molecule has 1 saturated carbocycles. The lowest BCUT2D eigenvalue weighted by Gasteiger charge is -2.27. The van der Waals surface area contributed by atoms with Gasteiger partial charge in [-0.3, -0.25) is 0 Å². The Morgan fingerprint density at radius 2 is 2.05 bits per heavy atom. The first-order chi connectivity index (χ1) is 10.2. The Morgan fingerprint density at radius 3 is 2.71 bits per heavy atom. The maximum Gasteiger partial charge on any atom is 0.124 e. The minimum atomic E-state index is 0.458. The number of halogens is 1. The van der Waals surface area contributed by atoms with Crippen LogP contribution >= 0.6 is 11.6 Å². The fraction of sp³-hybridized carbons (Fsp3) is 0.588. The Balaban J connectivity index is 1.91. The van der Waals surface area contributed by atoms with Gasteiger partial charge in [0, 0.05) is 12.6 Å². The van der Waals surface area contributed by atoms with Crippen molar-refractivity contribution in [1.29, 1.82) is 0 Å². The van der Waals surface area contributed by atoms with E-state index in [9.17, 15) is 0 Å². The second-order valence-electron chi connectivity index (χ2n) is 6.25. The van der Waals surface area contributed by atoms with Crippen LogP contribution in [0.4, 0.5) is 0 Å². The number of alkyl halides is 1. The molecule has 0 amide bonds. The quantitative estimate of drug-likeness (QED) is 0.771. The Hall–Kier alpha value is -1.22. The topological polar surface area (TPSA) is 27.1 Å². The normalized spacial score (nSPS) is 22.6. The smallest absolute Gasteiger partial charge is 0.124 e. The molecule has 21 heavy (non-hydrogen) atoms. The molecule has 1 aromatic carbocycles. The predicted molar refractivity (Wildman–Crippen MR) is 87.0 cm³/mol. The van der Waals surface area contributed by atoms with E-state index in [-0.39, 0.29) is 0 Å². The SMILES string of the molecule is COc1ccc2nc(CCl)n(CC3CCC(C)CC3)c2c1. The zero-order valence-electron chi connectivity index (χ0n) is 12.8. The molecule has 1 aliphatic rings. The molecule has 114 valence electrons. The van der Waals surface area contributed by atoms with E-state index < -0.39 is 0 Å². The van der Waals surface area contributed by atoms with Gasteiger partial charge >= 0.3 is 0 Å². The van der Waals surface area contributed by atoms with Gasteiger partial charge < -0.3 is 9.30 Å². The highest BCUT2D eigenvalue weighted by Crippen LogP contribution is 2.31. The number of hydrogen-bond acceptors (Lipinski definition) is 2. The molecule has 1 heterocycles. The molecule has 1 aromatic heterocycles. The van der Waals surface area contributed by atoms with Gasteiger partial charge in [0.1, 0.15) is 11.6 Å². The van der Waals surface area contributed by atoms with Gasteiger partial charge in [-0.2, -0.15) is 0 Å². The van der Waals surface area contributed by atoms with Gasteiger partial charge in [0.15, 0.2) is 0 Å². The summed E-state index contributed by atoms with van der Waals surface area (Å²) in [6, 6.07) is 6.05. The Labute approximate surface area is 131 Å². The summed E-state index contributed by atoms with van der Waals surface area (Å²) in [4.78, 5) is 4.66. The van der Waals surface area contributed by atoms with Crippen molar-refractivity contribution in [2.45, 2.75) is 45.0 Å². The minimum absolute atomic E-state index is 0.458. The molecular weight excluding hydrogens is 284 g/mol. The van der Waals surface area contributed by atoms with Crippen molar-refractivity contribution in [2.24, 2.45) is 11.8 Å². The molecule has 3 rings (SSSR count). The van der Waals surface area contributed by atoms with Crippen LogP contribution in [0.25, 0.3) is 11.0 Å². The molecular formula is C17H23ClN2O. The second-order valence-corrected chi connectivity index (χ2v) is 6.52. The lowest BCUT2D eigenvalue weighted by atomic mass is 9.83. The van der Waals surface area contributed by atoms with Crippen LogP contribution in [0.2, 0.25) is 0 Å². The number of aromatic nitrogens is 2. The van der Waals surface area contributed by atoms with Crippen molar-refractivity contribution in [3.63, 3.8) is 0 Å². The van der Waals surface area contributed by atoms with Crippen LogP contribution in [0.5, 0.6) is 5.75 Å². The minimum Gasteiger partial charge on any atom is -0.497 e. The van der Waals surface area contributed by atoms with Crippen LogP contribution in [0, 0.1) is 11.8 Å². The monoisotopic (exact) mass is 306 g/mol. The molecule has 0 unspecified atom stereocenters. The van der Waals surface area contributed by atoms with E-state index in [1.54, 1.807) is 7.11 Å². The Bertz CT molecular complexity index is 615. The number of imidazole rings is 1. The summed E-state index contributed by atoms with van der Waals surface area (Å²) >= 11 is 6.10. The van der Waals surface area contributed by atoms with Gasteiger partial charge in [0.05, 0.1) is 24.0 Å². The van der Waals surface area contributed by atoms with Crippen LogP contribution in [-0.2, 0) is 12.4 Å². The Kier molecular flexibility index (Phi) is 4.39. The fourth-order valence-electron chi connectivity index (χ4n) is 3.36. The van der Waals surface area contributed by atoms with Gasteiger partial charge in [-0.25, -0.2) is 4.98 Å². The lowest BCUT2D eigenvalue weighted by molar-refractivity contribution is 0.265. The van der Waals surface area contributed by atoms with Crippen LogP contribution in [0.3, 0.4) is 0 Å². The molecule has 1 aliphatic carbocycles. The van der Waals surface area contributed by atoms with Gasteiger partial charge in [0.2, 0.25) is 0 Å². The summed E-state index contributed by atoms with van der Waals surface area (Å²) in [5.41, 5.74) is 2.15. The van der Waals surface area contributed by atoms with E-state index in [4.69, 9.17) is 16.3 Å². The molecule has 0 saturated heterocycles. The summed E-state index contributed by atoms with van der Waals surface area (Å²) < 4.78 is 7.65.